The van der Waals surface area contributed by atoms with Crippen molar-refractivity contribution < 1.29 is 4.79 Å². The zero-order chi connectivity index (χ0) is 13.7. The van der Waals surface area contributed by atoms with Gasteiger partial charge in [-0.3, -0.25) is 4.79 Å². The first-order chi connectivity index (χ1) is 9.15. The van der Waals surface area contributed by atoms with Gasteiger partial charge in [0.25, 0.3) is 5.91 Å². The number of aryl methyl sites for hydroxylation is 1. The number of nitrogens with one attached hydrogen (secondary N) is 1. The standard InChI is InChI=1S/C15H21BrN2O/c1-12-6-5-7-13(18-12)14(19)17-11-15(10-16)8-3-2-4-9-15/h5-7H,2-4,8-11H2,1H3,(H,17,19). The minimum atomic E-state index is -0.0606. The lowest BCUT2D eigenvalue weighted by atomic mass is 9.75. The molecule has 104 valence electrons. The topological polar surface area (TPSA) is 42.0 Å². The van der Waals surface area contributed by atoms with Gasteiger partial charge in [0, 0.05) is 17.6 Å². The lowest BCUT2D eigenvalue weighted by Gasteiger charge is -2.35. The molecule has 0 unspecified atom stereocenters. The number of amides is 1. The molecule has 1 saturated carbocycles. The van der Waals surface area contributed by atoms with E-state index in [2.05, 4.69) is 26.2 Å². The minimum Gasteiger partial charge on any atom is -0.350 e. The van der Waals surface area contributed by atoms with E-state index in [9.17, 15) is 4.79 Å². The van der Waals surface area contributed by atoms with E-state index in [1.165, 1.54) is 32.1 Å². The maximum atomic E-state index is 12.1. The van der Waals surface area contributed by atoms with Crippen LogP contribution in [0.25, 0.3) is 0 Å². The molecule has 1 aliphatic carbocycles. The van der Waals surface area contributed by atoms with Gasteiger partial charge in [0.2, 0.25) is 0 Å². The Morgan fingerprint density at radius 2 is 2.11 bits per heavy atom. The van der Waals surface area contributed by atoms with Crippen LogP contribution in [0, 0.1) is 12.3 Å². The second kappa shape index (κ2) is 6.51. The summed E-state index contributed by atoms with van der Waals surface area (Å²) in [5, 5.41) is 4.02. The Kier molecular flexibility index (Phi) is 4.97. The second-order valence-corrected chi connectivity index (χ2v) is 6.10. The molecule has 1 fully saturated rings. The highest BCUT2D eigenvalue weighted by Crippen LogP contribution is 2.37. The number of carbonyl (C=O) groups is 1. The predicted octanol–water partition coefficient (Wildman–Crippen LogP) is 3.47. The van der Waals surface area contributed by atoms with E-state index in [1.54, 1.807) is 6.07 Å². The molecule has 1 N–H and O–H groups in total. The Bertz CT molecular complexity index is 442. The Hall–Kier alpha value is -0.900. The molecule has 0 atom stereocenters. The fourth-order valence-corrected chi connectivity index (χ4v) is 3.45. The molecule has 1 aromatic rings. The van der Waals surface area contributed by atoms with Gasteiger partial charge in [-0.25, -0.2) is 4.98 Å². The van der Waals surface area contributed by atoms with Gasteiger partial charge in [-0.05, 0) is 37.3 Å². The molecule has 0 bridgehead atoms. The minimum absolute atomic E-state index is 0.0606. The summed E-state index contributed by atoms with van der Waals surface area (Å²) in [5.74, 6) is -0.0606. The van der Waals surface area contributed by atoms with Gasteiger partial charge < -0.3 is 5.32 Å². The van der Waals surface area contributed by atoms with Crippen LogP contribution in [-0.4, -0.2) is 22.8 Å². The van der Waals surface area contributed by atoms with Gasteiger partial charge >= 0.3 is 0 Å². The zero-order valence-corrected chi connectivity index (χ0v) is 13.0. The third-order valence-electron chi connectivity index (χ3n) is 3.94. The number of nitrogens with zero attached hydrogens (tertiary/aromatic N) is 1. The zero-order valence-electron chi connectivity index (χ0n) is 11.4. The monoisotopic (exact) mass is 324 g/mol. The van der Waals surface area contributed by atoms with E-state index in [1.807, 2.05) is 19.1 Å². The fraction of sp³-hybridized carbons (Fsp3) is 0.600. The summed E-state index contributed by atoms with van der Waals surface area (Å²) in [6, 6.07) is 5.54. The van der Waals surface area contributed by atoms with Crippen molar-refractivity contribution in [2.24, 2.45) is 5.41 Å². The number of hydrogen-bond donors (Lipinski definition) is 1. The molecule has 0 aliphatic heterocycles. The molecule has 19 heavy (non-hydrogen) atoms. The lowest BCUT2D eigenvalue weighted by molar-refractivity contribution is 0.0917. The first kappa shape index (κ1) is 14.5. The molecule has 0 aromatic carbocycles. The highest BCUT2D eigenvalue weighted by molar-refractivity contribution is 9.09. The average molecular weight is 325 g/mol. The van der Waals surface area contributed by atoms with Crippen LogP contribution in [0.4, 0.5) is 0 Å². The van der Waals surface area contributed by atoms with Gasteiger partial charge in [0.05, 0.1) is 0 Å². The Labute approximate surface area is 123 Å². The van der Waals surface area contributed by atoms with E-state index in [0.717, 1.165) is 17.6 Å². The molecule has 1 aromatic heterocycles. The molecular weight excluding hydrogens is 304 g/mol. The SMILES string of the molecule is Cc1cccc(C(=O)NCC2(CBr)CCCCC2)n1. The highest BCUT2D eigenvalue weighted by atomic mass is 79.9. The van der Waals surface area contributed by atoms with Crippen molar-refractivity contribution in [2.75, 3.05) is 11.9 Å². The Morgan fingerprint density at radius 3 is 2.74 bits per heavy atom. The van der Waals surface area contributed by atoms with Crippen molar-refractivity contribution in [3.63, 3.8) is 0 Å². The molecule has 0 spiro atoms. The average Bonchev–Trinajstić information content (AvgIpc) is 2.46. The number of hydrogen-bond acceptors (Lipinski definition) is 2. The normalized spacial score (nSPS) is 18.0. The quantitative estimate of drug-likeness (QED) is 0.862. The maximum Gasteiger partial charge on any atom is 0.269 e. The van der Waals surface area contributed by atoms with Crippen LogP contribution in [0.3, 0.4) is 0 Å². The van der Waals surface area contributed by atoms with Crippen molar-refractivity contribution in [1.82, 2.24) is 10.3 Å². The van der Waals surface area contributed by atoms with E-state index in [-0.39, 0.29) is 11.3 Å². The summed E-state index contributed by atoms with van der Waals surface area (Å²) in [5.41, 5.74) is 1.62. The first-order valence-corrected chi connectivity index (χ1v) is 8.05. The van der Waals surface area contributed by atoms with Crippen LogP contribution in [0.15, 0.2) is 18.2 Å². The molecule has 2 rings (SSSR count). The van der Waals surface area contributed by atoms with Gasteiger partial charge in [0.15, 0.2) is 0 Å². The van der Waals surface area contributed by atoms with Crippen LogP contribution in [0.1, 0.15) is 48.3 Å². The number of rotatable bonds is 4. The highest BCUT2D eigenvalue weighted by Gasteiger charge is 2.31. The van der Waals surface area contributed by atoms with E-state index >= 15 is 0 Å². The fourth-order valence-electron chi connectivity index (χ4n) is 2.69. The van der Waals surface area contributed by atoms with E-state index in [0.29, 0.717) is 5.69 Å². The number of alkyl halides is 1. The van der Waals surface area contributed by atoms with Crippen LogP contribution < -0.4 is 5.32 Å². The second-order valence-electron chi connectivity index (χ2n) is 5.54. The summed E-state index contributed by atoms with van der Waals surface area (Å²) in [4.78, 5) is 16.4. The molecular formula is C15H21BrN2O. The summed E-state index contributed by atoms with van der Waals surface area (Å²) < 4.78 is 0. The van der Waals surface area contributed by atoms with Gasteiger partial charge in [-0.2, -0.15) is 0 Å². The third-order valence-corrected chi connectivity index (χ3v) is 5.13. The van der Waals surface area contributed by atoms with Crippen molar-refractivity contribution >= 4 is 21.8 Å². The Balaban J connectivity index is 1.95. The van der Waals surface area contributed by atoms with Crippen LogP contribution in [-0.2, 0) is 0 Å². The molecule has 0 saturated heterocycles. The number of carbonyl (C=O) groups excluding carboxylic acids is 1. The van der Waals surface area contributed by atoms with Crippen molar-refractivity contribution in [3.05, 3.63) is 29.6 Å². The number of pyridine rings is 1. The molecule has 1 amide bonds. The smallest absolute Gasteiger partial charge is 0.269 e. The number of aromatic nitrogens is 1. The Morgan fingerprint density at radius 1 is 1.37 bits per heavy atom. The van der Waals surface area contributed by atoms with Crippen LogP contribution in [0.5, 0.6) is 0 Å². The summed E-state index contributed by atoms with van der Waals surface area (Å²) in [6.45, 7) is 2.64. The summed E-state index contributed by atoms with van der Waals surface area (Å²) in [6.07, 6.45) is 6.25. The number of halogens is 1. The lowest BCUT2D eigenvalue weighted by Crippen LogP contribution is -2.40. The first-order valence-electron chi connectivity index (χ1n) is 6.93. The summed E-state index contributed by atoms with van der Waals surface area (Å²) in [7, 11) is 0. The predicted molar refractivity (Wildman–Crippen MR) is 80.6 cm³/mol. The van der Waals surface area contributed by atoms with Crippen LogP contribution >= 0.6 is 15.9 Å². The third kappa shape index (κ3) is 3.78. The molecule has 1 aliphatic rings. The van der Waals surface area contributed by atoms with Gasteiger partial charge in [-0.1, -0.05) is 41.3 Å². The van der Waals surface area contributed by atoms with Crippen molar-refractivity contribution in [3.8, 4) is 0 Å². The molecule has 0 radical (unpaired) electrons. The van der Waals surface area contributed by atoms with Gasteiger partial charge in [-0.15, -0.1) is 0 Å². The maximum absolute atomic E-state index is 12.1. The van der Waals surface area contributed by atoms with Crippen LogP contribution in [0.2, 0.25) is 0 Å². The van der Waals surface area contributed by atoms with Crippen molar-refractivity contribution in [1.29, 1.82) is 0 Å². The molecule has 4 heteroatoms. The molecule has 3 nitrogen and oxygen atoms in total. The largest absolute Gasteiger partial charge is 0.350 e. The van der Waals surface area contributed by atoms with E-state index in [4.69, 9.17) is 0 Å². The summed E-state index contributed by atoms with van der Waals surface area (Å²) >= 11 is 3.62. The van der Waals surface area contributed by atoms with Gasteiger partial charge in [0.1, 0.15) is 5.69 Å². The van der Waals surface area contributed by atoms with E-state index < -0.39 is 0 Å². The van der Waals surface area contributed by atoms with Crippen molar-refractivity contribution in [2.45, 2.75) is 39.0 Å². The molecule has 1 heterocycles.